The Morgan fingerprint density at radius 3 is 2.77 bits per heavy atom. The lowest BCUT2D eigenvalue weighted by Gasteiger charge is -2.50. The van der Waals surface area contributed by atoms with E-state index in [0.29, 0.717) is 16.6 Å². The van der Waals surface area contributed by atoms with Crippen LogP contribution in [0.15, 0.2) is 48.5 Å². The molecule has 134 valence electrons. The highest BCUT2D eigenvalue weighted by atomic mass is 32.1. The van der Waals surface area contributed by atoms with Crippen LogP contribution in [0.5, 0.6) is 11.5 Å². The van der Waals surface area contributed by atoms with Crippen LogP contribution in [-0.2, 0) is 4.79 Å². The molecule has 0 spiro atoms. The van der Waals surface area contributed by atoms with E-state index in [1.807, 2.05) is 55.5 Å². The van der Waals surface area contributed by atoms with Gasteiger partial charge in [0, 0.05) is 11.3 Å². The predicted molar refractivity (Wildman–Crippen MR) is 102 cm³/mol. The number of carbonyl (C=O) groups is 1. The molecule has 0 aromatic heterocycles. The minimum Gasteiger partial charge on any atom is -0.497 e. The fraction of sp³-hybridized carbons (Fsp3) is 0.263. The maximum absolute atomic E-state index is 13.1. The third-order valence-corrected chi connectivity index (χ3v) is 4.99. The maximum Gasteiger partial charge on any atom is 0.236 e. The molecular weight excluding hydrogens is 350 g/mol. The summed E-state index contributed by atoms with van der Waals surface area (Å²) in [6, 6.07) is 14.6. The van der Waals surface area contributed by atoms with E-state index in [4.69, 9.17) is 21.7 Å². The Bertz CT molecular complexity index is 874. The number of amides is 1. The van der Waals surface area contributed by atoms with Crippen molar-refractivity contribution < 1.29 is 14.3 Å². The van der Waals surface area contributed by atoms with Crippen molar-refractivity contribution in [3.05, 3.63) is 54.1 Å². The molecule has 0 radical (unpaired) electrons. The van der Waals surface area contributed by atoms with Crippen molar-refractivity contribution in [1.29, 1.82) is 0 Å². The Morgan fingerprint density at radius 2 is 2.04 bits per heavy atom. The van der Waals surface area contributed by atoms with Gasteiger partial charge in [0.15, 0.2) is 10.8 Å². The van der Waals surface area contributed by atoms with Crippen molar-refractivity contribution in [2.24, 2.45) is 5.92 Å². The number of nitrogens with one attached hydrogen (secondary N) is 3. The normalized spacial score (nSPS) is 25.8. The molecule has 1 amide bonds. The Morgan fingerprint density at radius 1 is 1.27 bits per heavy atom. The van der Waals surface area contributed by atoms with Crippen LogP contribution in [0.25, 0.3) is 0 Å². The average Bonchev–Trinajstić information content (AvgIpc) is 2.61. The molecule has 7 heteroatoms. The number of para-hydroxylation sites is 1. The molecule has 2 heterocycles. The number of thiocarbonyl (C=S) groups is 1. The third kappa shape index (κ3) is 2.74. The van der Waals surface area contributed by atoms with Gasteiger partial charge in [0.05, 0.1) is 13.2 Å². The smallest absolute Gasteiger partial charge is 0.236 e. The SMILES string of the molecule is COc1ccc2c(c1)C1NC(=S)N[C@@](C)(O2)C1C(=O)Nc1ccccc1. The van der Waals surface area contributed by atoms with Crippen LogP contribution >= 0.6 is 12.2 Å². The first-order valence-electron chi connectivity index (χ1n) is 8.32. The number of hydrogen-bond donors (Lipinski definition) is 3. The molecule has 0 aliphatic carbocycles. The molecule has 1 saturated heterocycles. The van der Waals surface area contributed by atoms with Crippen molar-refractivity contribution in [3.8, 4) is 11.5 Å². The maximum atomic E-state index is 13.1. The highest BCUT2D eigenvalue weighted by Crippen LogP contribution is 2.46. The van der Waals surface area contributed by atoms with Gasteiger partial charge in [0.25, 0.3) is 0 Å². The molecule has 2 unspecified atom stereocenters. The summed E-state index contributed by atoms with van der Waals surface area (Å²) >= 11 is 5.33. The largest absolute Gasteiger partial charge is 0.497 e. The molecule has 2 aromatic rings. The molecule has 2 aliphatic heterocycles. The zero-order chi connectivity index (χ0) is 18.3. The fourth-order valence-electron chi connectivity index (χ4n) is 3.59. The third-order valence-electron chi connectivity index (χ3n) is 4.77. The topological polar surface area (TPSA) is 71.6 Å². The van der Waals surface area contributed by atoms with Gasteiger partial charge in [-0.2, -0.15) is 0 Å². The van der Waals surface area contributed by atoms with Gasteiger partial charge < -0.3 is 25.4 Å². The highest BCUT2D eigenvalue weighted by molar-refractivity contribution is 7.80. The van der Waals surface area contributed by atoms with E-state index in [-0.39, 0.29) is 11.9 Å². The lowest BCUT2D eigenvalue weighted by atomic mass is 9.80. The summed E-state index contributed by atoms with van der Waals surface area (Å²) in [5, 5.41) is 9.76. The number of methoxy groups -OCH3 is 1. The molecule has 6 nitrogen and oxygen atoms in total. The molecule has 2 bridgehead atoms. The number of fused-ring (bicyclic) bond motifs is 4. The average molecular weight is 369 g/mol. The summed E-state index contributed by atoms with van der Waals surface area (Å²) in [6.07, 6.45) is 0. The van der Waals surface area contributed by atoms with Crippen LogP contribution in [-0.4, -0.2) is 23.9 Å². The second kappa shape index (κ2) is 6.17. The molecule has 2 aliphatic rings. The summed E-state index contributed by atoms with van der Waals surface area (Å²) in [6.45, 7) is 1.84. The van der Waals surface area contributed by atoms with E-state index >= 15 is 0 Å². The number of carbonyl (C=O) groups excluding carboxylic acids is 1. The van der Waals surface area contributed by atoms with Crippen LogP contribution in [0.1, 0.15) is 18.5 Å². The monoisotopic (exact) mass is 369 g/mol. The second-order valence-corrected chi connectivity index (χ2v) is 6.93. The first kappa shape index (κ1) is 16.7. The van der Waals surface area contributed by atoms with Gasteiger partial charge in [-0.15, -0.1) is 0 Å². The van der Waals surface area contributed by atoms with E-state index in [9.17, 15) is 4.79 Å². The lowest BCUT2D eigenvalue weighted by Crippen LogP contribution is -2.70. The van der Waals surface area contributed by atoms with Crippen LogP contribution in [0, 0.1) is 5.92 Å². The second-order valence-electron chi connectivity index (χ2n) is 6.52. The molecule has 3 atom stereocenters. The number of benzene rings is 2. The van der Waals surface area contributed by atoms with Crippen LogP contribution in [0.3, 0.4) is 0 Å². The molecule has 0 saturated carbocycles. The van der Waals surface area contributed by atoms with E-state index in [1.165, 1.54) is 0 Å². The van der Waals surface area contributed by atoms with E-state index in [0.717, 1.165) is 11.3 Å². The van der Waals surface area contributed by atoms with Gasteiger partial charge in [-0.05, 0) is 49.5 Å². The standard InChI is InChI=1S/C19H19N3O3S/c1-19-15(17(23)20-11-6-4-3-5-7-11)16(21-18(26)22-19)13-10-12(24-2)8-9-14(13)25-19/h3-10,15-16H,1-2H3,(H,20,23)(H2,21,22,26)/t15?,16?,19-/m0/s1. The van der Waals surface area contributed by atoms with Crippen molar-refractivity contribution >= 4 is 28.9 Å². The van der Waals surface area contributed by atoms with Crippen molar-refractivity contribution in [2.45, 2.75) is 18.7 Å². The van der Waals surface area contributed by atoms with Crippen molar-refractivity contribution in [2.75, 3.05) is 12.4 Å². The van der Waals surface area contributed by atoms with Crippen LogP contribution in [0.4, 0.5) is 5.69 Å². The van der Waals surface area contributed by atoms with Gasteiger partial charge in [0.2, 0.25) is 5.91 Å². The highest BCUT2D eigenvalue weighted by Gasteiger charge is 2.54. The van der Waals surface area contributed by atoms with Gasteiger partial charge in [-0.25, -0.2) is 0 Å². The number of rotatable bonds is 3. The van der Waals surface area contributed by atoms with E-state index in [1.54, 1.807) is 7.11 Å². The predicted octanol–water partition coefficient (Wildman–Crippen LogP) is 2.58. The summed E-state index contributed by atoms with van der Waals surface area (Å²) in [5.41, 5.74) is 0.630. The Balaban J connectivity index is 1.74. The summed E-state index contributed by atoms with van der Waals surface area (Å²) < 4.78 is 11.5. The zero-order valence-electron chi connectivity index (χ0n) is 14.4. The van der Waals surface area contributed by atoms with Gasteiger partial charge in [-0.1, -0.05) is 18.2 Å². The van der Waals surface area contributed by atoms with E-state index in [2.05, 4.69) is 16.0 Å². The Labute approximate surface area is 156 Å². The molecule has 2 aromatic carbocycles. The number of ether oxygens (including phenoxy) is 2. The summed E-state index contributed by atoms with van der Waals surface area (Å²) in [4.78, 5) is 13.1. The van der Waals surface area contributed by atoms with Crippen molar-refractivity contribution in [1.82, 2.24) is 10.6 Å². The van der Waals surface area contributed by atoms with Crippen molar-refractivity contribution in [3.63, 3.8) is 0 Å². The summed E-state index contributed by atoms with van der Waals surface area (Å²) in [5.74, 6) is 0.711. The Kier molecular flexibility index (Phi) is 3.96. The minimum atomic E-state index is -0.951. The fourth-order valence-corrected chi connectivity index (χ4v) is 3.92. The Hall–Kier alpha value is -2.80. The van der Waals surface area contributed by atoms with Crippen LogP contribution < -0.4 is 25.4 Å². The summed E-state index contributed by atoms with van der Waals surface area (Å²) in [7, 11) is 1.61. The number of hydrogen-bond acceptors (Lipinski definition) is 4. The lowest BCUT2D eigenvalue weighted by molar-refractivity contribution is -0.132. The first-order valence-corrected chi connectivity index (χ1v) is 8.72. The molecule has 26 heavy (non-hydrogen) atoms. The zero-order valence-corrected chi connectivity index (χ0v) is 15.2. The molecule has 3 N–H and O–H groups in total. The molecule has 4 rings (SSSR count). The molecular formula is C19H19N3O3S. The molecule has 1 fully saturated rings. The van der Waals surface area contributed by atoms with Gasteiger partial charge in [0.1, 0.15) is 17.4 Å². The number of anilines is 1. The quantitative estimate of drug-likeness (QED) is 0.723. The first-order chi connectivity index (χ1) is 12.5. The van der Waals surface area contributed by atoms with Crippen LogP contribution in [0.2, 0.25) is 0 Å². The van der Waals surface area contributed by atoms with Gasteiger partial charge >= 0.3 is 0 Å². The minimum absolute atomic E-state index is 0.153. The van der Waals surface area contributed by atoms with Gasteiger partial charge in [-0.3, -0.25) is 4.79 Å². The van der Waals surface area contributed by atoms with E-state index < -0.39 is 11.6 Å².